The SMILES string of the molecule is COc1cc2cc(c1O)Cc1cccc(c1)Cc1cc[nH]c1NCC1=Cc3[nH]ccc3[C@H](C[C@@H]3C=Cc4c(O)cccc4CC3)[C@@H]1C(=O)[C@@H](CCO)C(=O)CC2. The van der Waals surface area contributed by atoms with Gasteiger partial charge in [0.2, 0.25) is 0 Å². The number of hydrogen-bond acceptors (Lipinski definition) is 7. The van der Waals surface area contributed by atoms with Crippen LogP contribution in [0.2, 0.25) is 0 Å². The number of aliphatic hydroxyl groups excluding tert-OH is 1. The number of methoxy groups -OCH3 is 1. The van der Waals surface area contributed by atoms with Gasteiger partial charge in [-0.05, 0) is 107 Å². The summed E-state index contributed by atoms with van der Waals surface area (Å²) in [5, 5.41) is 35.7. The number of ketones is 2. The highest BCUT2D eigenvalue weighted by Gasteiger charge is 2.42. The van der Waals surface area contributed by atoms with Crippen molar-refractivity contribution in [1.29, 1.82) is 0 Å². The number of aromatic nitrogens is 2. The van der Waals surface area contributed by atoms with Crippen molar-refractivity contribution in [2.75, 3.05) is 25.6 Å². The number of anilines is 1. The number of benzene rings is 3. The summed E-state index contributed by atoms with van der Waals surface area (Å²) in [6.07, 6.45) is 14.0. The van der Waals surface area contributed by atoms with Gasteiger partial charge in [-0.1, -0.05) is 54.6 Å². The summed E-state index contributed by atoms with van der Waals surface area (Å²) in [5.74, 6) is -0.571. The number of ether oxygens (including phenoxy) is 1. The lowest BCUT2D eigenvalue weighted by Gasteiger charge is -2.36. The van der Waals surface area contributed by atoms with Crippen molar-refractivity contribution in [3.63, 3.8) is 0 Å². The van der Waals surface area contributed by atoms with Crippen LogP contribution >= 0.6 is 0 Å². The highest BCUT2D eigenvalue weighted by Crippen LogP contribution is 2.46. The molecule has 3 heterocycles. The average molecular weight is 752 g/mol. The average Bonchev–Trinajstić information content (AvgIpc) is 3.81. The number of fused-ring (bicyclic) bond motifs is 8. The predicted molar refractivity (Wildman–Crippen MR) is 218 cm³/mol. The standard InChI is InChI=1S/C47H49N3O6/c1-56-43-25-31-10-13-42(53)38(16-19-51)46(55)44-35(27-50-47-33(14-17-49-47)21-29-4-2-5-30(20-29)22-34(23-31)45(43)54)26-40-37(15-18-48-40)39(44)24-28-8-11-32-6-3-7-41(52)36(32)12-9-28/h2-7,9,12,14-15,17-18,20,23,25-26,28,38-39,44,48-52,54H,8,10-11,13,16,19,21-22,24,27H2,1H3/t28-,38-,39-,44+/m0/s1. The number of aliphatic hydroxyl groups is 1. The van der Waals surface area contributed by atoms with Crippen LogP contribution in [0.25, 0.3) is 12.2 Å². The second-order valence-electron chi connectivity index (χ2n) is 15.5. The Kier molecular flexibility index (Phi) is 10.7. The number of aromatic hydroxyl groups is 2. The van der Waals surface area contributed by atoms with Gasteiger partial charge < -0.3 is 35.3 Å². The van der Waals surface area contributed by atoms with Crippen LogP contribution in [-0.4, -0.2) is 57.1 Å². The van der Waals surface area contributed by atoms with E-state index in [-0.39, 0.29) is 54.3 Å². The lowest BCUT2D eigenvalue weighted by Crippen LogP contribution is -2.38. The Morgan fingerprint density at radius 3 is 2.46 bits per heavy atom. The van der Waals surface area contributed by atoms with Crippen molar-refractivity contribution >= 4 is 29.5 Å². The molecule has 0 saturated carbocycles. The maximum Gasteiger partial charge on any atom is 0.161 e. The quantitative estimate of drug-likeness (QED) is 0.100. The van der Waals surface area contributed by atoms with Gasteiger partial charge >= 0.3 is 0 Å². The first-order chi connectivity index (χ1) is 27.3. The van der Waals surface area contributed by atoms with Gasteiger partial charge in [0.05, 0.1) is 13.0 Å². The van der Waals surface area contributed by atoms with E-state index in [0.717, 1.165) is 68.9 Å². The zero-order valence-electron chi connectivity index (χ0n) is 31.7. The fourth-order valence-electron chi connectivity index (χ4n) is 9.17. The number of allylic oxidation sites excluding steroid dienone is 1. The third-order valence-corrected chi connectivity index (χ3v) is 12.0. The van der Waals surface area contributed by atoms with Crippen LogP contribution in [0.4, 0.5) is 5.82 Å². The topological polar surface area (TPSA) is 148 Å². The molecule has 0 radical (unpaired) electrons. The van der Waals surface area contributed by atoms with Gasteiger partial charge in [-0.3, -0.25) is 9.59 Å². The first kappa shape index (κ1) is 37.1. The zero-order chi connectivity index (χ0) is 38.8. The third kappa shape index (κ3) is 7.56. The second-order valence-corrected chi connectivity index (χ2v) is 15.5. The van der Waals surface area contributed by atoms with Crippen molar-refractivity contribution in [3.8, 4) is 17.2 Å². The molecule has 3 aliphatic rings. The fraction of sp³-hybridized carbons (Fsp3) is 0.319. The number of nitrogens with one attached hydrogen (secondary N) is 3. The van der Waals surface area contributed by atoms with Crippen LogP contribution in [0.1, 0.15) is 81.8 Å². The lowest BCUT2D eigenvalue weighted by molar-refractivity contribution is -0.135. The van der Waals surface area contributed by atoms with E-state index in [9.17, 15) is 20.1 Å². The van der Waals surface area contributed by atoms with Gasteiger partial charge in [0.15, 0.2) is 17.3 Å². The number of Topliss-reactive ketones (excluding diaryl/α,β-unsaturated/α-hetero) is 2. The Hall–Kier alpha value is -5.80. The number of aryl methyl sites for hydroxylation is 2. The number of H-pyrrole nitrogens is 2. The molecule has 2 aromatic heterocycles. The number of phenols is 2. The maximum absolute atomic E-state index is 15.2. The highest BCUT2D eigenvalue weighted by atomic mass is 16.5. The summed E-state index contributed by atoms with van der Waals surface area (Å²) in [4.78, 5) is 36.3. The number of carbonyl (C=O) groups excluding carboxylic acids is 2. The zero-order valence-corrected chi connectivity index (χ0v) is 31.7. The van der Waals surface area contributed by atoms with Gasteiger partial charge in [0, 0.05) is 73.5 Å². The molecule has 0 amide bonds. The van der Waals surface area contributed by atoms with Gasteiger partial charge in [0.1, 0.15) is 17.4 Å². The molecule has 0 unspecified atom stereocenters. The van der Waals surface area contributed by atoms with E-state index in [1.165, 1.54) is 7.11 Å². The van der Waals surface area contributed by atoms with Gasteiger partial charge in [-0.25, -0.2) is 0 Å². The number of phenolic OH excluding ortho intramolecular Hbond substituents is 2. The summed E-state index contributed by atoms with van der Waals surface area (Å²) in [5.41, 5.74) is 9.59. The first-order valence-electron chi connectivity index (χ1n) is 19.7. The van der Waals surface area contributed by atoms with Crippen LogP contribution in [-0.2, 0) is 35.3 Å². The molecule has 0 saturated heterocycles. The molecule has 9 heteroatoms. The smallest absolute Gasteiger partial charge is 0.161 e. The van der Waals surface area contributed by atoms with Gasteiger partial charge in [0.25, 0.3) is 0 Å². The van der Waals surface area contributed by atoms with Crippen molar-refractivity contribution < 1.29 is 29.6 Å². The van der Waals surface area contributed by atoms with Crippen LogP contribution < -0.4 is 10.1 Å². The minimum Gasteiger partial charge on any atom is -0.507 e. The van der Waals surface area contributed by atoms with Crippen molar-refractivity contribution in [2.24, 2.45) is 17.8 Å². The Morgan fingerprint density at radius 2 is 1.64 bits per heavy atom. The Morgan fingerprint density at radius 1 is 0.839 bits per heavy atom. The normalized spacial score (nSPS) is 21.1. The van der Waals surface area contributed by atoms with Gasteiger partial charge in [-0.15, -0.1) is 0 Å². The summed E-state index contributed by atoms with van der Waals surface area (Å²) in [6, 6.07) is 21.8. The van der Waals surface area contributed by atoms with E-state index < -0.39 is 11.8 Å². The molecule has 3 aromatic carbocycles. The Bertz CT molecular complexity index is 2310. The van der Waals surface area contributed by atoms with Gasteiger partial charge in [-0.2, -0.15) is 0 Å². The van der Waals surface area contributed by atoms with Crippen molar-refractivity contribution in [2.45, 2.75) is 57.3 Å². The van der Waals surface area contributed by atoms with E-state index in [0.29, 0.717) is 43.5 Å². The largest absolute Gasteiger partial charge is 0.507 e. The Balaban J connectivity index is 1.19. The van der Waals surface area contributed by atoms with E-state index in [1.54, 1.807) is 12.1 Å². The Labute approximate surface area is 327 Å². The fourth-order valence-corrected chi connectivity index (χ4v) is 9.17. The minimum absolute atomic E-state index is 0.0417. The number of hydrogen-bond donors (Lipinski definition) is 6. The van der Waals surface area contributed by atoms with E-state index in [4.69, 9.17) is 4.74 Å². The monoisotopic (exact) mass is 751 g/mol. The summed E-state index contributed by atoms with van der Waals surface area (Å²) in [7, 11) is 1.52. The molecule has 0 spiro atoms. The highest BCUT2D eigenvalue weighted by molar-refractivity contribution is 6.05. The molecule has 8 rings (SSSR count). The van der Waals surface area contributed by atoms with Crippen LogP contribution in [0.15, 0.2) is 90.8 Å². The predicted octanol–water partition coefficient (Wildman–Crippen LogP) is 7.90. The molecule has 2 aliphatic carbocycles. The van der Waals surface area contributed by atoms with E-state index in [1.807, 2.05) is 42.7 Å². The molecule has 1 aliphatic heterocycles. The molecule has 0 fully saturated rings. The lowest BCUT2D eigenvalue weighted by atomic mass is 9.67. The maximum atomic E-state index is 15.2. The van der Waals surface area contributed by atoms with Crippen LogP contribution in [0.3, 0.4) is 0 Å². The molecule has 288 valence electrons. The van der Waals surface area contributed by atoms with Crippen LogP contribution in [0.5, 0.6) is 17.2 Å². The molecule has 6 N–H and O–H groups in total. The van der Waals surface area contributed by atoms with Crippen molar-refractivity contribution in [3.05, 3.63) is 141 Å². The molecular formula is C47H49N3O6. The molecule has 4 bridgehead atoms. The molecule has 5 aromatic rings. The molecular weight excluding hydrogens is 703 g/mol. The summed E-state index contributed by atoms with van der Waals surface area (Å²) in [6.45, 7) is 0.0878. The third-order valence-electron chi connectivity index (χ3n) is 12.0. The number of aromatic amines is 2. The minimum atomic E-state index is -0.995. The second kappa shape index (κ2) is 16.1. The van der Waals surface area contributed by atoms with E-state index in [2.05, 4.69) is 57.8 Å². The van der Waals surface area contributed by atoms with Crippen LogP contribution in [0, 0.1) is 17.8 Å². The van der Waals surface area contributed by atoms with Crippen molar-refractivity contribution in [1.82, 2.24) is 9.97 Å². The number of rotatable bonds is 5. The molecule has 4 atom stereocenters. The summed E-state index contributed by atoms with van der Waals surface area (Å²) >= 11 is 0. The molecule has 9 nitrogen and oxygen atoms in total. The molecule has 56 heavy (non-hydrogen) atoms. The summed E-state index contributed by atoms with van der Waals surface area (Å²) < 4.78 is 5.57. The van der Waals surface area contributed by atoms with E-state index >= 15 is 4.79 Å². The number of carbonyl (C=O) groups is 2. The first-order valence-corrected chi connectivity index (χ1v) is 19.7.